The minimum Gasteiger partial charge on any atom is -0.389 e. The third-order valence-electron chi connectivity index (χ3n) is 10.0. The van der Waals surface area contributed by atoms with E-state index in [2.05, 4.69) is 52.5 Å². The van der Waals surface area contributed by atoms with Gasteiger partial charge in [-0.15, -0.1) is 0 Å². The molecule has 4 aliphatic rings. The maximum atomic E-state index is 13.8. The van der Waals surface area contributed by atoms with E-state index < -0.39 is 17.1 Å². The predicted octanol–water partition coefficient (Wildman–Crippen LogP) is 5.61. The largest absolute Gasteiger partial charge is 0.389 e. The van der Waals surface area contributed by atoms with Crippen LogP contribution in [0, 0.1) is 11.8 Å². The molecule has 8 nitrogen and oxygen atoms in total. The van der Waals surface area contributed by atoms with E-state index in [4.69, 9.17) is 4.98 Å². The van der Waals surface area contributed by atoms with Gasteiger partial charge in [0, 0.05) is 54.2 Å². The van der Waals surface area contributed by atoms with Gasteiger partial charge in [0.15, 0.2) is 17.1 Å². The summed E-state index contributed by atoms with van der Waals surface area (Å²) in [5.74, 6) is -0.718. The Labute approximate surface area is 253 Å². The van der Waals surface area contributed by atoms with Crippen molar-refractivity contribution in [2.75, 3.05) is 0 Å². The van der Waals surface area contributed by atoms with Gasteiger partial charge in [0.25, 0.3) is 0 Å². The predicted molar refractivity (Wildman–Crippen MR) is 165 cm³/mol. The zero-order chi connectivity index (χ0) is 29.6. The molecule has 2 saturated carbocycles. The van der Waals surface area contributed by atoms with Crippen molar-refractivity contribution in [2.24, 2.45) is 11.8 Å². The zero-order valence-electron chi connectivity index (χ0n) is 23.9. The number of hydrogen-bond acceptors (Lipinski definition) is 6. The molecule has 0 radical (unpaired) electrons. The molecule has 0 spiro atoms. The first-order chi connectivity index (χ1) is 21.4. The molecule has 0 saturated heterocycles. The molecule has 2 fully saturated rings. The monoisotopic (exact) mass is 579 g/mol. The van der Waals surface area contributed by atoms with E-state index in [1.54, 1.807) is 15.6 Å². The number of amides is 1. The molecule has 1 unspecified atom stereocenters. The van der Waals surface area contributed by atoms with Crippen LogP contribution in [0.1, 0.15) is 37.7 Å². The fourth-order valence-corrected chi connectivity index (χ4v) is 7.65. The van der Waals surface area contributed by atoms with Crippen molar-refractivity contribution in [3.8, 4) is 22.4 Å². The van der Waals surface area contributed by atoms with E-state index in [0.29, 0.717) is 12.8 Å². The minimum atomic E-state index is -0.797. The molecule has 5 aromatic rings. The molecule has 3 aromatic heterocycles. The van der Waals surface area contributed by atoms with Gasteiger partial charge < -0.3 is 10.0 Å². The van der Waals surface area contributed by atoms with E-state index in [0.717, 1.165) is 63.0 Å². The molecule has 0 bridgehead atoms. The van der Waals surface area contributed by atoms with Crippen LogP contribution in [0.3, 0.4) is 0 Å². The first-order valence-corrected chi connectivity index (χ1v) is 15.2. The van der Waals surface area contributed by atoms with Crippen LogP contribution in [0.25, 0.3) is 39.1 Å². The number of aliphatic hydroxyl groups is 1. The molecule has 1 aliphatic heterocycles. The van der Waals surface area contributed by atoms with E-state index in [-0.39, 0.29) is 24.0 Å². The molecule has 9 rings (SSSR count). The fourth-order valence-electron chi connectivity index (χ4n) is 7.65. The smallest absolute Gasteiger partial charge is 0.242 e. The average Bonchev–Trinajstić information content (AvgIpc) is 3.69. The highest BCUT2D eigenvalue weighted by molar-refractivity contribution is 6.08. The lowest BCUT2D eigenvalue weighted by molar-refractivity contribution is -0.169. The summed E-state index contributed by atoms with van der Waals surface area (Å²) in [6, 6.07) is 22.4. The molecular weight excluding hydrogens is 550 g/mol. The summed E-state index contributed by atoms with van der Waals surface area (Å²) >= 11 is 0. The Balaban J connectivity index is 1.16. The lowest BCUT2D eigenvalue weighted by atomic mass is 9.59. The van der Waals surface area contributed by atoms with Gasteiger partial charge in [0.1, 0.15) is 5.92 Å². The summed E-state index contributed by atoms with van der Waals surface area (Å²) in [5, 5.41) is 16.9. The second-order valence-corrected chi connectivity index (χ2v) is 12.7. The van der Waals surface area contributed by atoms with Gasteiger partial charge in [-0.3, -0.25) is 9.59 Å². The number of aromatic nitrogens is 4. The van der Waals surface area contributed by atoms with Gasteiger partial charge >= 0.3 is 0 Å². The molecular formula is C36H29N5O3. The van der Waals surface area contributed by atoms with Gasteiger partial charge in [0.05, 0.1) is 23.0 Å². The lowest BCUT2D eigenvalue weighted by Gasteiger charge is -2.57. The van der Waals surface area contributed by atoms with Gasteiger partial charge in [0.2, 0.25) is 5.91 Å². The van der Waals surface area contributed by atoms with Crippen LogP contribution in [-0.2, 0) is 15.1 Å². The van der Waals surface area contributed by atoms with Crippen molar-refractivity contribution in [2.45, 2.75) is 43.2 Å². The maximum absolute atomic E-state index is 13.8. The molecule has 44 heavy (non-hydrogen) atoms. The highest BCUT2D eigenvalue weighted by Gasteiger charge is 2.65. The summed E-state index contributed by atoms with van der Waals surface area (Å²) in [4.78, 5) is 38.0. The van der Waals surface area contributed by atoms with E-state index in [1.807, 2.05) is 48.8 Å². The van der Waals surface area contributed by atoms with Crippen LogP contribution in [-0.4, -0.2) is 46.9 Å². The van der Waals surface area contributed by atoms with Crippen LogP contribution in [0.4, 0.5) is 0 Å². The summed E-state index contributed by atoms with van der Waals surface area (Å²) in [7, 11) is 0. The standard InChI is InChI=1S/C36H29N5O3/c42-29-8-4-7-24-19-40(34(43)31(24)29)35(20-36(44,21-35)27-13-14-27)26-11-9-23(10-12-26)32-28(22-5-2-1-3-6-22)17-25-18-37-30-15-16-38-41(30)33(25)39-32/h1-7,9-12,15-19,27,31,44H,8,13-14,20-21H2. The van der Waals surface area contributed by atoms with Crippen molar-refractivity contribution >= 4 is 28.4 Å². The minimum absolute atomic E-state index is 0.0640. The Morgan fingerprint density at radius 3 is 2.48 bits per heavy atom. The van der Waals surface area contributed by atoms with Crippen LogP contribution in [0.15, 0.2) is 103 Å². The van der Waals surface area contributed by atoms with E-state index >= 15 is 0 Å². The van der Waals surface area contributed by atoms with Crippen LogP contribution < -0.4 is 0 Å². The second kappa shape index (κ2) is 9.03. The first kappa shape index (κ1) is 25.5. The number of allylic oxidation sites excluding steroid dienone is 2. The fraction of sp³-hybridized carbons (Fsp3) is 0.250. The summed E-state index contributed by atoms with van der Waals surface area (Å²) < 4.78 is 1.76. The number of fused-ring (bicyclic) bond motifs is 4. The van der Waals surface area contributed by atoms with Gasteiger partial charge in [-0.05, 0) is 41.5 Å². The lowest BCUT2D eigenvalue weighted by Crippen LogP contribution is -2.63. The molecule has 3 aliphatic carbocycles. The first-order valence-electron chi connectivity index (χ1n) is 15.2. The van der Waals surface area contributed by atoms with Gasteiger partial charge in [-0.25, -0.2) is 9.97 Å². The third kappa shape index (κ3) is 3.64. The molecule has 4 heterocycles. The van der Waals surface area contributed by atoms with Crippen LogP contribution >= 0.6 is 0 Å². The molecule has 1 amide bonds. The van der Waals surface area contributed by atoms with Crippen molar-refractivity contribution < 1.29 is 14.7 Å². The van der Waals surface area contributed by atoms with Gasteiger partial charge in [-0.2, -0.15) is 9.61 Å². The normalized spacial score (nSPS) is 26.2. The number of rotatable bonds is 5. The molecule has 216 valence electrons. The molecule has 8 heteroatoms. The number of benzene rings is 2. The van der Waals surface area contributed by atoms with E-state index in [1.165, 1.54) is 0 Å². The number of hydrogen-bond donors (Lipinski definition) is 1. The summed E-state index contributed by atoms with van der Waals surface area (Å²) in [6.07, 6.45) is 12.3. The topological polar surface area (TPSA) is 101 Å². The third-order valence-corrected chi connectivity index (χ3v) is 10.0. The molecule has 1 atom stereocenters. The summed E-state index contributed by atoms with van der Waals surface area (Å²) in [5.41, 5.74) is 5.41. The highest BCUT2D eigenvalue weighted by atomic mass is 16.3. The Morgan fingerprint density at radius 1 is 0.932 bits per heavy atom. The van der Waals surface area contributed by atoms with Gasteiger partial charge in [-0.1, -0.05) is 66.7 Å². The number of Topliss-reactive ketones (excluding diaryl/α,β-unsaturated/α-hetero) is 1. The summed E-state index contributed by atoms with van der Waals surface area (Å²) in [6.45, 7) is 0. The number of ketones is 1. The van der Waals surface area contributed by atoms with Crippen LogP contribution in [0.2, 0.25) is 0 Å². The van der Waals surface area contributed by atoms with E-state index in [9.17, 15) is 14.7 Å². The number of carbonyl (C=O) groups excluding carboxylic acids is 2. The number of nitrogens with zero attached hydrogens (tertiary/aromatic N) is 5. The molecule has 2 aromatic carbocycles. The van der Waals surface area contributed by atoms with Crippen LogP contribution in [0.5, 0.6) is 0 Å². The Hall–Kier alpha value is -4.95. The SMILES string of the molecule is O=C1CC=CC2=CN(C3(c4ccc(-c5nc6c(cnc7ccnn76)cc5-c5ccccc5)cc4)CC(O)(C4CC4)C3)C(=O)C12. The maximum Gasteiger partial charge on any atom is 0.242 e. The highest BCUT2D eigenvalue weighted by Crippen LogP contribution is 2.62. The van der Waals surface area contributed by atoms with Crippen molar-refractivity contribution in [1.82, 2.24) is 24.5 Å². The Bertz CT molecular complexity index is 2070. The van der Waals surface area contributed by atoms with Crippen molar-refractivity contribution in [3.63, 3.8) is 0 Å². The Morgan fingerprint density at radius 2 is 1.73 bits per heavy atom. The second-order valence-electron chi connectivity index (χ2n) is 12.7. The average molecular weight is 580 g/mol. The number of pyridine rings is 1. The zero-order valence-corrected chi connectivity index (χ0v) is 23.9. The van der Waals surface area contributed by atoms with Crippen molar-refractivity contribution in [1.29, 1.82) is 0 Å². The van der Waals surface area contributed by atoms with Crippen molar-refractivity contribution in [3.05, 3.63) is 109 Å². The quantitative estimate of drug-likeness (QED) is 0.272. The molecule has 1 N–H and O–H groups in total. The Kier molecular flexibility index (Phi) is 5.24. The number of carbonyl (C=O) groups is 2.